The lowest BCUT2D eigenvalue weighted by Gasteiger charge is -2.19. The van der Waals surface area contributed by atoms with Gasteiger partial charge in [0.1, 0.15) is 0 Å². The van der Waals surface area contributed by atoms with Crippen molar-refractivity contribution in [3.63, 3.8) is 0 Å². The fourth-order valence-corrected chi connectivity index (χ4v) is 2.10. The first-order chi connectivity index (χ1) is 8.88. The molecular formula is C14H17N3OS. The highest BCUT2D eigenvalue weighted by molar-refractivity contribution is 7.13. The van der Waals surface area contributed by atoms with Crippen LogP contribution in [0, 0.1) is 5.41 Å². The Hall–Kier alpha value is -1.88. The van der Waals surface area contributed by atoms with E-state index in [1.807, 2.05) is 50.4 Å². The van der Waals surface area contributed by atoms with Crippen LogP contribution in [0.15, 0.2) is 29.6 Å². The van der Waals surface area contributed by atoms with Gasteiger partial charge < -0.3 is 11.1 Å². The predicted molar refractivity (Wildman–Crippen MR) is 80.0 cm³/mol. The van der Waals surface area contributed by atoms with Gasteiger partial charge in [0.2, 0.25) is 5.91 Å². The Labute approximate surface area is 116 Å². The Bertz CT molecular complexity index is 599. The fourth-order valence-electron chi connectivity index (χ4n) is 1.54. The van der Waals surface area contributed by atoms with Gasteiger partial charge in [0, 0.05) is 16.4 Å². The molecule has 0 bridgehead atoms. The van der Waals surface area contributed by atoms with E-state index in [9.17, 15) is 4.79 Å². The number of benzene rings is 1. The second-order valence-electron chi connectivity index (χ2n) is 5.32. The summed E-state index contributed by atoms with van der Waals surface area (Å²) >= 11 is 1.39. The highest BCUT2D eigenvalue weighted by atomic mass is 32.1. The third-order valence-corrected chi connectivity index (χ3v) is 3.33. The van der Waals surface area contributed by atoms with Crippen molar-refractivity contribution in [2.24, 2.45) is 5.41 Å². The molecule has 1 aromatic heterocycles. The zero-order valence-electron chi connectivity index (χ0n) is 11.2. The van der Waals surface area contributed by atoms with Crippen LogP contribution in [0.3, 0.4) is 0 Å². The third kappa shape index (κ3) is 3.12. The summed E-state index contributed by atoms with van der Waals surface area (Å²) < 4.78 is 0. The Morgan fingerprint density at radius 3 is 2.58 bits per heavy atom. The summed E-state index contributed by atoms with van der Waals surface area (Å²) in [5.74, 6) is -0.0249. The topological polar surface area (TPSA) is 68.0 Å². The first-order valence-electron chi connectivity index (χ1n) is 6.00. The van der Waals surface area contributed by atoms with Crippen LogP contribution in [-0.2, 0) is 4.79 Å². The summed E-state index contributed by atoms with van der Waals surface area (Å²) in [7, 11) is 0. The van der Waals surface area contributed by atoms with Gasteiger partial charge in [-0.2, -0.15) is 0 Å². The van der Waals surface area contributed by atoms with E-state index in [-0.39, 0.29) is 5.91 Å². The molecule has 1 aromatic carbocycles. The van der Waals surface area contributed by atoms with Crippen LogP contribution in [0.1, 0.15) is 20.8 Å². The van der Waals surface area contributed by atoms with Crippen LogP contribution < -0.4 is 11.1 Å². The molecule has 0 saturated carbocycles. The maximum atomic E-state index is 12.1. The lowest BCUT2D eigenvalue weighted by Crippen LogP contribution is -2.27. The molecule has 3 N–H and O–H groups in total. The van der Waals surface area contributed by atoms with E-state index in [1.165, 1.54) is 11.3 Å². The molecular weight excluding hydrogens is 258 g/mol. The molecule has 0 aliphatic heterocycles. The van der Waals surface area contributed by atoms with E-state index >= 15 is 0 Å². The molecule has 0 radical (unpaired) electrons. The van der Waals surface area contributed by atoms with Crippen molar-refractivity contribution < 1.29 is 4.79 Å². The molecule has 2 aromatic rings. The normalized spacial score (nSPS) is 11.3. The highest BCUT2D eigenvalue weighted by Crippen LogP contribution is 2.30. The second-order valence-corrected chi connectivity index (χ2v) is 6.21. The minimum atomic E-state index is -0.436. The number of nitrogens with two attached hydrogens (primary N) is 1. The van der Waals surface area contributed by atoms with Crippen molar-refractivity contribution >= 4 is 28.1 Å². The van der Waals surface area contributed by atoms with Crippen molar-refractivity contribution in [3.8, 4) is 11.3 Å². The number of anilines is 2. The molecule has 19 heavy (non-hydrogen) atoms. The first-order valence-corrected chi connectivity index (χ1v) is 6.88. The minimum Gasteiger partial charge on any atom is -0.375 e. The molecule has 1 amide bonds. The van der Waals surface area contributed by atoms with E-state index < -0.39 is 5.41 Å². The summed E-state index contributed by atoms with van der Waals surface area (Å²) in [5.41, 5.74) is 7.64. The van der Waals surface area contributed by atoms with Gasteiger partial charge in [-0.25, -0.2) is 4.98 Å². The summed E-state index contributed by atoms with van der Waals surface area (Å²) in [6, 6.07) is 7.59. The molecule has 0 aliphatic rings. The Morgan fingerprint density at radius 2 is 2.00 bits per heavy atom. The first kappa shape index (κ1) is 13.5. The van der Waals surface area contributed by atoms with E-state index in [1.54, 1.807) is 0 Å². The zero-order valence-corrected chi connectivity index (χ0v) is 12.0. The average molecular weight is 275 g/mol. The number of carbonyl (C=O) groups excluding carboxylic acids is 1. The highest BCUT2D eigenvalue weighted by Gasteiger charge is 2.22. The van der Waals surface area contributed by atoms with Gasteiger partial charge in [-0.3, -0.25) is 4.79 Å². The van der Waals surface area contributed by atoms with Crippen LogP contribution in [0.2, 0.25) is 0 Å². The van der Waals surface area contributed by atoms with Crippen molar-refractivity contribution in [1.29, 1.82) is 0 Å². The van der Waals surface area contributed by atoms with Crippen LogP contribution in [0.25, 0.3) is 11.3 Å². The van der Waals surface area contributed by atoms with Crippen molar-refractivity contribution in [1.82, 2.24) is 4.98 Å². The molecule has 0 saturated heterocycles. The van der Waals surface area contributed by atoms with Crippen molar-refractivity contribution in [2.45, 2.75) is 20.8 Å². The maximum Gasteiger partial charge on any atom is 0.229 e. The number of aromatic nitrogens is 1. The zero-order chi connectivity index (χ0) is 14.0. The molecule has 0 fully saturated rings. The monoisotopic (exact) mass is 275 g/mol. The Balaban J connectivity index is 2.35. The quantitative estimate of drug-likeness (QED) is 0.883. The number of rotatable bonds is 2. The smallest absolute Gasteiger partial charge is 0.229 e. The minimum absolute atomic E-state index is 0.0249. The number of amides is 1. The fraction of sp³-hybridized carbons (Fsp3) is 0.286. The van der Waals surface area contributed by atoms with E-state index in [4.69, 9.17) is 5.73 Å². The molecule has 0 spiro atoms. The van der Waals surface area contributed by atoms with E-state index in [0.29, 0.717) is 5.13 Å². The summed E-state index contributed by atoms with van der Waals surface area (Å²) in [6.07, 6.45) is 0. The lowest BCUT2D eigenvalue weighted by molar-refractivity contribution is -0.123. The van der Waals surface area contributed by atoms with Crippen LogP contribution in [0.5, 0.6) is 0 Å². The predicted octanol–water partition coefficient (Wildman–Crippen LogP) is 3.38. The second kappa shape index (κ2) is 5.01. The number of nitrogens with zero attached hydrogens (tertiary/aromatic N) is 1. The Morgan fingerprint density at radius 1 is 1.32 bits per heavy atom. The number of thiazole rings is 1. The molecule has 1 heterocycles. The number of carbonyl (C=O) groups is 1. The molecule has 0 atom stereocenters. The summed E-state index contributed by atoms with van der Waals surface area (Å²) in [5, 5.41) is 5.35. The summed E-state index contributed by atoms with van der Waals surface area (Å²) in [6.45, 7) is 5.64. The number of hydrogen-bond donors (Lipinski definition) is 2. The standard InChI is InChI=1S/C14H17N3OS/c1-14(2,3)12(18)16-10-7-5-4-6-9(10)11-8-19-13(15)17-11/h4-8H,1-3H3,(H2,15,17)(H,16,18). The number of nitrogens with one attached hydrogen (secondary N) is 1. The van der Waals surface area contributed by atoms with Crippen molar-refractivity contribution in [2.75, 3.05) is 11.1 Å². The largest absolute Gasteiger partial charge is 0.375 e. The number of nitrogen functional groups attached to an aromatic ring is 1. The van der Waals surface area contributed by atoms with E-state index in [0.717, 1.165) is 16.9 Å². The molecule has 0 aliphatic carbocycles. The van der Waals surface area contributed by atoms with Crippen LogP contribution >= 0.6 is 11.3 Å². The van der Waals surface area contributed by atoms with Gasteiger partial charge >= 0.3 is 0 Å². The maximum absolute atomic E-state index is 12.1. The lowest BCUT2D eigenvalue weighted by atomic mass is 9.95. The van der Waals surface area contributed by atoms with Crippen LogP contribution in [0.4, 0.5) is 10.8 Å². The Kier molecular flexibility index (Phi) is 3.57. The molecule has 5 heteroatoms. The SMILES string of the molecule is CC(C)(C)C(=O)Nc1ccccc1-c1csc(N)n1. The van der Waals surface area contributed by atoms with Crippen LogP contribution in [-0.4, -0.2) is 10.9 Å². The van der Waals surface area contributed by atoms with Crippen molar-refractivity contribution in [3.05, 3.63) is 29.6 Å². The third-order valence-electron chi connectivity index (χ3n) is 2.65. The van der Waals surface area contributed by atoms with Gasteiger partial charge in [-0.15, -0.1) is 11.3 Å². The summed E-state index contributed by atoms with van der Waals surface area (Å²) in [4.78, 5) is 16.3. The van der Waals surface area contributed by atoms with Gasteiger partial charge in [0.05, 0.1) is 11.4 Å². The molecule has 0 unspecified atom stereocenters. The van der Waals surface area contributed by atoms with Gasteiger partial charge in [0.25, 0.3) is 0 Å². The molecule has 100 valence electrons. The number of hydrogen-bond acceptors (Lipinski definition) is 4. The van der Waals surface area contributed by atoms with Gasteiger partial charge in [-0.05, 0) is 6.07 Å². The van der Waals surface area contributed by atoms with Gasteiger partial charge in [-0.1, -0.05) is 39.0 Å². The number of para-hydroxylation sites is 1. The molecule has 4 nitrogen and oxygen atoms in total. The van der Waals surface area contributed by atoms with E-state index in [2.05, 4.69) is 10.3 Å². The average Bonchev–Trinajstić information content (AvgIpc) is 2.75. The van der Waals surface area contributed by atoms with Gasteiger partial charge in [0.15, 0.2) is 5.13 Å². The molecule has 2 rings (SSSR count).